The minimum atomic E-state index is -0.810. The lowest BCUT2D eigenvalue weighted by Crippen LogP contribution is -2.30. The Morgan fingerprint density at radius 3 is 0.790 bits per heavy atom. The molecular formula is C75H126O6. The lowest BCUT2D eigenvalue weighted by molar-refractivity contribution is -0.167. The van der Waals surface area contributed by atoms with E-state index in [-0.39, 0.29) is 37.5 Å². The number of ether oxygens (including phenoxy) is 3. The molecule has 0 N–H and O–H groups in total. The zero-order valence-electron chi connectivity index (χ0n) is 53.0. The summed E-state index contributed by atoms with van der Waals surface area (Å²) in [6.07, 6.45) is 94.9. The van der Waals surface area contributed by atoms with E-state index in [1.54, 1.807) is 0 Å². The van der Waals surface area contributed by atoms with Gasteiger partial charge in [0.25, 0.3) is 0 Å². The van der Waals surface area contributed by atoms with Crippen molar-refractivity contribution in [3.05, 3.63) is 122 Å². The van der Waals surface area contributed by atoms with Crippen LogP contribution in [-0.2, 0) is 28.6 Å². The van der Waals surface area contributed by atoms with E-state index in [4.69, 9.17) is 14.2 Å². The quantitative estimate of drug-likeness (QED) is 0.0261. The summed E-state index contributed by atoms with van der Waals surface area (Å²) in [4.78, 5) is 38.4. The summed E-state index contributed by atoms with van der Waals surface area (Å²) in [7, 11) is 0. The summed E-state index contributed by atoms with van der Waals surface area (Å²) in [6.45, 7) is 6.49. The van der Waals surface area contributed by atoms with Crippen LogP contribution in [0.4, 0.5) is 0 Å². The average molecular weight is 1120 g/mol. The molecule has 0 bridgehead atoms. The highest BCUT2D eigenvalue weighted by atomic mass is 16.6. The first-order valence-corrected chi connectivity index (χ1v) is 34.0. The third kappa shape index (κ3) is 66.5. The van der Waals surface area contributed by atoms with Crippen molar-refractivity contribution in [2.45, 2.75) is 322 Å². The highest BCUT2D eigenvalue weighted by Gasteiger charge is 2.19. The summed E-state index contributed by atoms with van der Waals surface area (Å²) in [5, 5.41) is 0. The number of carbonyl (C=O) groups is 3. The van der Waals surface area contributed by atoms with Crippen LogP contribution in [0.1, 0.15) is 316 Å². The Kier molecular flexibility index (Phi) is 64.8. The Morgan fingerprint density at radius 2 is 0.481 bits per heavy atom. The molecule has 0 spiro atoms. The van der Waals surface area contributed by atoms with E-state index in [2.05, 4.69) is 142 Å². The van der Waals surface area contributed by atoms with Gasteiger partial charge in [0.2, 0.25) is 0 Å². The zero-order chi connectivity index (χ0) is 58.5. The molecule has 0 aromatic carbocycles. The van der Waals surface area contributed by atoms with Crippen molar-refractivity contribution in [1.29, 1.82) is 0 Å². The van der Waals surface area contributed by atoms with Gasteiger partial charge in [0.15, 0.2) is 6.10 Å². The smallest absolute Gasteiger partial charge is 0.306 e. The van der Waals surface area contributed by atoms with Crippen molar-refractivity contribution in [3.63, 3.8) is 0 Å². The monoisotopic (exact) mass is 1120 g/mol. The molecule has 462 valence electrons. The van der Waals surface area contributed by atoms with Crippen LogP contribution in [0, 0.1) is 0 Å². The second kappa shape index (κ2) is 68.3. The standard InChI is InChI=1S/C75H126O6/c1-4-7-10-13-16-19-22-25-28-31-33-35-36-37-38-40-41-44-47-50-53-56-59-62-65-68-74(77)80-71-72(70-79-73(76)67-64-61-58-55-52-49-46-43-30-27-24-21-18-15-12-9-6-3)81-75(78)69-66-63-60-57-54-51-48-45-42-39-34-32-29-26-23-20-17-14-11-8-5-2/h8,11,17,20,22,25-27,29-31,33-34,36-37,39,45,48,54,57,72H,4-7,9-10,12-16,18-19,21,23-24,28,32,35,38,40-44,46-47,49-53,55-56,58-71H2,1-3H3/b11-8-,20-17-,25-22-,29-26-,30-27-,33-31-,37-36-,39-34-,48-45-,57-54-. The number of hydrogen-bond donors (Lipinski definition) is 0. The van der Waals surface area contributed by atoms with Gasteiger partial charge >= 0.3 is 17.9 Å². The maximum atomic E-state index is 12.9. The Labute approximate surface area is 501 Å². The van der Waals surface area contributed by atoms with E-state index >= 15 is 0 Å². The van der Waals surface area contributed by atoms with Crippen LogP contribution in [0.2, 0.25) is 0 Å². The van der Waals surface area contributed by atoms with Crippen molar-refractivity contribution >= 4 is 17.9 Å². The minimum Gasteiger partial charge on any atom is -0.462 e. The summed E-state index contributed by atoms with van der Waals surface area (Å²) in [5.74, 6) is -0.944. The fraction of sp³-hybridized carbons (Fsp3) is 0.693. The predicted molar refractivity (Wildman–Crippen MR) is 353 cm³/mol. The first-order chi connectivity index (χ1) is 40.0. The molecular weight excluding hydrogens is 997 g/mol. The van der Waals surface area contributed by atoms with E-state index in [9.17, 15) is 14.4 Å². The molecule has 0 aromatic rings. The maximum Gasteiger partial charge on any atom is 0.306 e. The van der Waals surface area contributed by atoms with E-state index in [0.29, 0.717) is 19.3 Å². The summed E-state index contributed by atoms with van der Waals surface area (Å²) in [6, 6.07) is 0. The van der Waals surface area contributed by atoms with Gasteiger partial charge in [0.05, 0.1) is 0 Å². The van der Waals surface area contributed by atoms with E-state index in [1.807, 2.05) is 0 Å². The highest BCUT2D eigenvalue weighted by Crippen LogP contribution is 2.16. The molecule has 0 saturated heterocycles. The number of hydrogen-bond acceptors (Lipinski definition) is 6. The fourth-order valence-electron chi connectivity index (χ4n) is 9.33. The molecule has 6 nitrogen and oxygen atoms in total. The molecule has 6 heteroatoms. The largest absolute Gasteiger partial charge is 0.462 e. The van der Waals surface area contributed by atoms with Crippen LogP contribution in [0.15, 0.2) is 122 Å². The van der Waals surface area contributed by atoms with Crippen LogP contribution in [0.3, 0.4) is 0 Å². The normalized spacial score (nSPS) is 12.9. The molecule has 0 aliphatic carbocycles. The summed E-state index contributed by atoms with van der Waals surface area (Å²) < 4.78 is 16.9. The first-order valence-electron chi connectivity index (χ1n) is 34.0. The van der Waals surface area contributed by atoms with E-state index in [0.717, 1.165) is 103 Å². The molecule has 81 heavy (non-hydrogen) atoms. The summed E-state index contributed by atoms with van der Waals surface area (Å²) >= 11 is 0. The molecule has 0 saturated carbocycles. The summed E-state index contributed by atoms with van der Waals surface area (Å²) in [5.41, 5.74) is 0. The molecule has 1 atom stereocenters. The van der Waals surface area contributed by atoms with Crippen LogP contribution in [0.5, 0.6) is 0 Å². The van der Waals surface area contributed by atoms with E-state index < -0.39 is 6.10 Å². The lowest BCUT2D eigenvalue weighted by atomic mass is 10.1. The first kappa shape index (κ1) is 76.8. The van der Waals surface area contributed by atoms with Gasteiger partial charge in [0.1, 0.15) is 13.2 Å². The lowest BCUT2D eigenvalue weighted by Gasteiger charge is -2.18. The topological polar surface area (TPSA) is 78.9 Å². The maximum absolute atomic E-state index is 12.9. The van der Waals surface area contributed by atoms with E-state index in [1.165, 1.54) is 167 Å². The van der Waals surface area contributed by atoms with Crippen LogP contribution in [0.25, 0.3) is 0 Å². The third-order valence-electron chi connectivity index (χ3n) is 14.4. The number of rotatable bonds is 61. The second-order valence-electron chi connectivity index (χ2n) is 22.3. The molecule has 0 aliphatic heterocycles. The Bertz CT molecular complexity index is 1670. The molecule has 0 fully saturated rings. The highest BCUT2D eigenvalue weighted by molar-refractivity contribution is 5.71. The van der Waals surface area contributed by atoms with Crippen molar-refractivity contribution in [2.75, 3.05) is 13.2 Å². The zero-order valence-corrected chi connectivity index (χ0v) is 53.0. The van der Waals surface area contributed by atoms with Crippen LogP contribution in [-0.4, -0.2) is 37.2 Å². The second-order valence-corrected chi connectivity index (χ2v) is 22.3. The van der Waals surface area contributed by atoms with Gasteiger partial charge in [-0.25, -0.2) is 0 Å². The van der Waals surface area contributed by atoms with Gasteiger partial charge in [-0.3, -0.25) is 14.4 Å². The Morgan fingerprint density at radius 1 is 0.259 bits per heavy atom. The number of allylic oxidation sites excluding steroid dienone is 20. The fourth-order valence-corrected chi connectivity index (χ4v) is 9.33. The molecule has 0 radical (unpaired) electrons. The molecule has 0 aliphatic rings. The Hall–Kier alpha value is -4.19. The van der Waals surface area contributed by atoms with Crippen LogP contribution >= 0.6 is 0 Å². The molecule has 1 unspecified atom stereocenters. The van der Waals surface area contributed by atoms with Gasteiger partial charge in [-0.05, 0) is 135 Å². The number of esters is 3. The number of unbranched alkanes of at least 4 members (excludes halogenated alkanes) is 30. The number of carbonyl (C=O) groups excluding carboxylic acids is 3. The average Bonchev–Trinajstić information content (AvgIpc) is 3.47. The van der Waals surface area contributed by atoms with Crippen LogP contribution < -0.4 is 0 Å². The minimum absolute atomic E-state index is 0.101. The van der Waals surface area contributed by atoms with Gasteiger partial charge in [-0.1, -0.05) is 284 Å². The molecule has 0 rings (SSSR count). The Balaban J connectivity index is 4.45. The molecule has 0 amide bonds. The van der Waals surface area contributed by atoms with Crippen molar-refractivity contribution in [1.82, 2.24) is 0 Å². The van der Waals surface area contributed by atoms with Gasteiger partial charge in [-0.2, -0.15) is 0 Å². The van der Waals surface area contributed by atoms with Gasteiger partial charge in [0, 0.05) is 19.3 Å². The molecule has 0 aromatic heterocycles. The predicted octanol–water partition coefficient (Wildman–Crippen LogP) is 23.6. The molecule has 0 heterocycles. The van der Waals surface area contributed by atoms with Crippen molar-refractivity contribution in [3.8, 4) is 0 Å². The van der Waals surface area contributed by atoms with Gasteiger partial charge in [-0.15, -0.1) is 0 Å². The SMILES string of the molecule is CC/C=C\C/C=C\C/C=C\C/C=C\C/C=C\C/C=C\CCCCC(=O)OC(COC(=O)CCCCCCCCC/C=C\CCCCCCCC)COC(=O)CCCCCCCCCCCC/C=C\C/C=C\C/C=C\CCCCCCC. The van der Waals surface area contributed by atoms with Gasteiger partial charge < -0.3 is 14.2 Å². The van der Waals surface area contributed by atoms with Crippen molar-refractivity contribution < 1.29 is 28.6 Å². The third-order valence-corrected chi connectivity index (χ3v) is 14.4. The van der Waals surface area contributed by atoms with Crippen molar-refractivity contribution in [2.24, 2.45) is 0 Å².